The Labute approximate surface area is 134 Å². The summed E-state index contributed by atoms with van der Waals surface area (Å²) in [7, 11) is 0. The van der Waals surface area contributed by atoms with Crippen molar-refractivity contribution in [3.63, 3.8) is 0 Å². The number of hydrogen-bond acceptors (Lipinski definition) is 3. The lowest BCUT2D eigenvalue weighted by Gasteiger charge is -2.07. The third-order valence-electron chi connectivity index (χ3n) is 3.34. The number of anilines is 1. The summed E-state index contributed by atoms with van der Waals surface area (Å²) in [5.74, 6) is 1.41. The van der Waals surface area contributed by atoms with Crippen LogP contribution < -0.4 is 10.1 Å². The predicted molar refractivity (Wildman–Crippen MR) is 89.6 cm³/mol. The highest BCUT2D eigenvalue weighted by atomic mass is 16.5. The van der Waals surface area contributed by atoms with Crippen LogP contribution in [0.1, 0.15) is 17.3 Å². The molecule has 0 fully saturated rings. The monoisotopic (exact) mass is 307 g/mol. The molecule has 2 aromatic carbocycles. The molecule has 3 rings (SSSR count). The number of rotatable bonds is 5. The normalized spacial score (nSPS) is 10.3. The summed E-state index contributed by atoms with van der Waals surface area (Å²) in [5.41, 5.74) is 2.26. The fourth-order valence-corrected chi connectivity index (χ4v) is 2.21. The van der Waals surface area contributed by atoms with Crippen molar-refractivity contribution < 1.29 is 9.53 Å². The first-order valence-corrected chi connectivity index (χ1v) is 7.40. The van der Waals surface area contributed by atoms with Crippen LogP contribution in [-0.2, 0) is 0 Å². The molecular weight excluding hydrogens is 290 g/mol. The van der Waals surface area contributed by atoms with Crippen molar-refractivity contribution >= 4 is 11.6 Å². The zero-order valence-corrected chi connectivity index (χ0v) is 12.7. The lowest BCUT2D eigenvalue weighted by molar-refractivity contribution is 0.102. The van der Waals surface area contributed by atoms with Crippen LogP contribution in [-0.4, -0.2) is 22.5 Å². The van der Waals surface area contributed by atoms with E-state index in [1.54, 1.807) is 24.5 Å². The molecular formula is C18H17N3O2. The van der Waals surface area contributed by atoms with E-state index in [2.05, 4.69) is 15.3 Å². The van der Waals surface area contributed by atoms with E-state index in [4.69, 9.17) is 4.74 Å². The van der Waals surface area contributed by atoms with Crippen molar-refractivity contribution in [3.05, 3.63) is 66.5 Å². The SMILES string of the molecule is CCOc1ccc(NC(=O)c2ccc(-c3ncc[nH]3)cc2)cc1. The zero-order valence-electron chi connectivity index (χ0n) is 12.7. The lowest BCUT2D eigenvalue weighted by atomic mass is 10.1. The average Bonchev–Trinajstić information content (AvgIpc) is 3.11. The van der Waals surface area contributed by atoms with Crippen molar-refractivity contribution in [2.45, 2.75) is 6.92 Å². The van der Waals surface area contributed by atoms with E-state index in [0.29, 0.717) is 12.2 Å². The van der Waals surface area contributed by atoms with Gasteiger partial charge in [-0.05, 0) is 43.3 Å². The maximum Gasteiger partial charge on any atom is 0.255 e. The van der Waals surface area contributed by atoms with Crippen LogP contribution in [0.5, 0.6) is 5.75 Å². The van der Waals surface area contributed by atoms with Gasteiger partial charge in [-0.2, -0.15) is 0 Å². The molecule has 0 saturated carbocycles. The summed E-state index contributed by atoms with van der Waals surface area (Å²) >= 11 is 0. The largest absolute Gasteiger partial charge is 0.494 e. The topological polar surface area (TPSA) is 67.0 Å². The molecule has 1 aromatic heterocycles. The third-order valence-corrected chi connectivity index (χ3v) is 3.34. The van der Waals surface area contributed by atoms with Gasteiger partial charge in [0.1, 0.15) is 11.6 Å². The zero-order chi connectivity index (χ0) is 16.1. The van der Waals surface area contributed by atoms with Crippen LogP contribution >= 0.6 is 0 Å². The van der Waals surface area contributed by atoms with Crippen LogP contribution in [0.2, 0.25) is 0 Å². The highest BCUT2D eigenvalue weighted by Gasteiger charge is 2.07. The van der Waals surface area contributed by atoms with Crippen molar-refractivity contribution in [2.75, 3.05) is 11.9 Å². The summed E-state index contributed by atoms with van der Waals surface area (Å²) in [6.45, 7) is 2.55. The average molecular weight is 307 g/mol. The van der Waals surface area contributed by atoms with E-state index in [-0.39, 0.29) is 5.91 Å². The van der Waals surface area contributed by atoms with Gasteiger partial charge in [0.25, 0.3) is 5.91 Å². The van der Waals surface area contributed by atoms with Crippen molar-refractivity contribution in [2.24, 2.45) is 0 Å². The Morgan fingerprint density at radius 1 is 1.13 bits per heavy atom. The second-order valence-electron chi connectivity index (χ2n) is 4.93. The molecule has 0 aliphatic carbocycles. The van der Waals surface area contributed by atoms with Crippen molar-refractivity contribution in [1.29, 1.82) is 0 Å². The third kappa shape index (κ3) is 3.58. The molecule has 0 aliphatic rings. The maximum absolute atomic E-state index is 12.3. The number of ether oxygens (including phenoxy) is 1. The predicted octanol–water partition coefficient (Wildman–Crippen LogP) is 3.73. The van der Waals surface area contributed by atoms with Gasteiger partial charge in [-0.3, -0.25) is 4.79 Å². The summed E-state index contributed by atoms with van der Waals surface area (Å²) < 4.78 is 5.38. The molecule has 0 bridgehead atoms. The number of aromatic amines is 1. The Hall–Kier alpha value is -3.08. The second kappa shape index (κ2) is 6.79. The van der Waals surface area contributed by atoms with E-state index < -0.39 is 0 Å². The number of amides is 1. The number of nitrogens with zero attached hydrogens (tertiary/aromatic N) is 1. The maximum atomic E-state index is 12.3. The highest BCUT2D eigenvalue weighted by molar-refractivity contribution is 6.04. The van der Waals surface area contributed by atoms with Gasteiger partial charge in [0.05, 0.1) is 6.61 Å². The minimum atomic E-state index is -0.153. The Morgan fingerprint density at radius 2 is 1.87 bits per heavy atom. The van der Waals surface area contributed by atoms with Gasteiger partial charge in [-0.1, -0.05) is 12.1 Å². The van der Waals surface area contributed by atoms with Gasteiger partial charge in [0.2, 0.25) is 0 Å². The Kier molecular flexibility index (Phi) is 4.38. The molecule has 5 nitrogen and oxygen atoms in total. The molecule has 1 amide bonds. The first-order chi connectivity index (χ1) is 11.3. The van der Waals surface area contributed by atoms with Crippen LogP contribution in [0.25, 0.3) is 11.4 Å². The molecule has 3 aromatic rings. The number of aromatic nitrogens is 2. The Morgan fingerprint density at radius 3 is 2.48 bits per heavy atom. The van der Waals surface area contributed by atoms with Gasteiger partial charge in [0.15, 0.2) is 0 Å². The quantitative estimate of drug-likeness (QED) is 0.755. The molecule has 1 heterocycles. The fraction of sp³-hybridized carbons (Fsp3) is 0.111. The Bertz CT molecular complexity index is 763. The highest BCUT2D eigenvalue weighted by Crippen LogP contribution is 2.18. The van der Waals surface area contributed by atoms with Crippen LogP contribution in [0.4, 0.5) is 5.69 Å². The van der Waals surface area contributed by atoms with Crippen LogP contribution in [0, 0.1) is 0 Å². The van der Waals surface area contributed by atoms with Crippen molar-refractivity contribution in [1.82, 2.24) is 9.97 Å². The van der Waals surface area contributed by atoms with E-state index >= 15 is 0 Å². The number of carbonyl (C=O) groups is 1. The summed E-state index contributed by atoms with van der Waals surface area (Å²) in [4.78, 5) is 19.5. The van der Waals surface area contributed by atoms with Crippen LogP contribution in [0.3, 0.4) is 0 Å². The van der Waals surface area contributed by atoms with E-state index in [1.165, 1.54) is 0 Å². The number of nitrogens with one attached hydrogen (secondary N) is 2. The van der Waals surface area contributed by atoms with Gasteiger partial charge in [-0.15, -0.1) is 0 Å². The van der Waals surface area contributed by atoms with E-state index in [0.717, 1.165) is 22.8 Å². The van der Waals surface area contributed by atoms with Gasteiger partial charge >= 0.3 is 0 Å². The minimum Gasteiger partial charge on any atom is -0.494 e. The molecule has 0 spiro atoms. The Balaban J connectivity index is 1.68. The first-order valence-electron chi connectivity index (χ1n) is 7.40. The summed E-state index contributed by atoms with van der Waals surface area (Å²) in [5, 5.41) is 2.86. The molecule has 0 aliphatic heterocycles. The van der Waals surface area contributed by atoms with Gasteiger partial charge < -0.3 is 15.0 Å². The molecule has 23 heavy (non-hydrogen) atoms. The summed E-state index contributed by atoms with van der Waals surface area (Å²) in [6, 6.07) is 14.6. The number of hydrogen-bond donors (Lipinski definition) is 2. The lowest BCUT2D eigenvalue weighted by Crippen LogP contribution is -2.11. The first kappa shape index (κ1) is 14.8. The van der Waals surface area contributed by atoms with Gasteiger partial charge in [0, 0.05) is 29.2 Å². The molecule has 116 valence electrons. The number of carbonyl (C=O) groups excluding carboxylic acids is 1. The molecule has 0 radical (unpaired) electrons. The van der Waals surface area contributed by atoms with E-state index in [1.807, 2.05) is 43.3 Å². The molecule has 2 N–H and O–H groups in total. The fourth-order valence-electron chi connectivity index (χ4n) is 2.21. The van der Waals surface area contributed by atoms with Crippen molar-refractivity contribution in [3.8, 4) is 17.1 Å². The minimum absolute atomic E-state index is 0.153. The number of imidazole rings is 1. The summed E-state index contributed by atoms with van der Waals surface area (Å²) in [6.07, 6.45) is 3.46. The molecule has 0 unspecified atom stereocenters. The second-order valence-corrected chi connectivity index (χ2v) is 4.93. The number of H-pyrrole nitrogens is 1. The molecule has 0 saturated heterocycles. The van der Waals surface area contributed by atoms with Crippen LogP contribution in [0.15, 0.2) is 60.9 Å². The number of benzene rings is 2. The molecule has 0 atom stereocenters. The van der Waals surface area contributed by atoms with E-state index in [9.17, 15) is 4.79 Å². The molecule has 5 heteroatoms. The smallest absolute Gasteiger partial charge is 0.255 e. The standard InChI is InChI=1S/C18H17N3O2/c1-2-23-16-9-7-15(8-10-16)21-18(22)14-5-3-13(4-6-14)17-19-11-12-20-17/h3-12H,2H2,1H3,(H,19,20)(H,21,22). The van der Waals surface area contributed by atoms with Gasteiger partial charge in [-0.25, -0.2) is 4.98 Å².